The van der Waals surface area contributed by atoms with Crippen molar-refractivity contribution in [1.82, 2.24) is 14.9 Å². The summed E-state index contributed by atoms with van der Waals surface area (Å²) in [5.74, 6) is 1.17. The van der Waals surface area contributed by atoms with Crippen LogP contribution in [0.15, 0.2) is 30.5 Å². The molecule has 1 unspecified atom stereocenters. The van der Waals surface area contributed by atoms with Crippen LogP contribution in [0, 0.1) is 5.92 Å². The first-order valence-electron chi connectivity index (χ1n) is 8.14. The van der Waals surface area contributed by atoms with Crippen LogP contribution in [0.1, 0.15) is 6.42 Å². The zero-order valence-electron chi connectivity index (χ0n) is 13.0. The van der Waals surface area contributed by atoms with Crippen LogP contribution in [0.3, 0.4) is 0 Å². The van der Waals surface area contributed by atoms with Crippen molar-refractivity contribution in [2.45, 2.75) is 6.42 Å². The Kier molecular flexibility index (Phi) is 3.83. The standard InChI is InChI=1S/C17H20N4O2/c22-17(20-7-9-23-10-8-20)13-5-6-21(12-13)16-11-18-14-3-1-2-4-15(14)19-16/h1-4,11,13H,5-10,12H2. The summed E-state index contributed by atoms with van der Waals surface area (Å²) >= 11 is 0. The number of anilines is 1. The summed E-state index contributed by atoms with van der Waals surface area (Å²) in [4.78, 5) is 25.9. The molecule has 0 aliphatic carbocycles. The van der Waals surface area contributed by atoms with E-state index in [2.05, 4.69) is 14.9 Å². The molecule has 0 radical (unpaired) electrons. The van der Waals surface area contributed by atoms with E-state index in [-0.39, 0.29) is 11.8 Å². The number of morpholine rings is 1. The highest BCUT2D eigenvalue weighted by atomic mass is 16.5. The third-order valence-corrected chi connectivity index (χ3v) is 4.62. The highest BCUT2D eigenvalue weighted by Crippen LogP contribution is 2.24. The maximum atomic E-state index is 12.6. The molecule has 1 amide bonds. The van der Waals surface area contributed by atoms with E-state index in [1.54, 1.807) is 0 Å². The smallest absolute Gasteiger partial charge is 0.227 e. The fourth-order valence-corrected chi connectivity index (χ4v) is 3.31. The van der Waals surface area contributed by atoms with Gasteiger partial charge in [-0.1, -0.05) is 12.1 Å². The molecule has 2 aliphatic heterocycles. The Hall–Kier alpha value is -2.21. The highest BCUT2D eigenvalue weighted by molar-refractivity contribution is 5.80. The Balaban J connectivity index is 1.47. The molecule has 1 atom stereocenters. The molecule has 4 rings (SSSR count). The largest absolute Gasteiger partial charge is 0.378 e. The summed E-state index contributed by atoms with van der Waals surface area (Å²) < 4.78 is 5.32. The average molecular weight is 312 g/mol. The summed E-state index contributed by atoms with van der Waals surface area (Å²) in [6.45, 7) is 4.31. The zero-order valence-corrected chi connectivity index (χ0v) is 13.0. The van der Waals surface area contributed by atoms with Gasteiger partial charge in [0, 0.05) is 26.2 Å². The van der Waals surface area contributed by atoms with E-state index in [0.29, 0.717) is 26.3 Å². The van der Waals surface area contributed by atoms with E-state index in [4.69, 9.17) is 4.74 Å². The van der Waals surface area contributed by atoms with E-state index in [1.807, 2.05) is 35.4 Å². The molecule has 0 bridgehead atoms. The number of ether oxygens (including phenoxy) is 1. The van der Waals surface area contributed by atoms with E-state index < -0.39 is 0 Å². The fraction of sp³-hybridized carbons (Fsp3) is 0.471. The van der Waals surface area contributed by atoms with E-state index in [9.17, 15) is 4.79 Å². The van der Waals surface area contributed by atoms with Crippen molar-refractivity contribution >= 4 is 22.8 Å². The second kappa shape index (κ2) is 6.12. The molecule has 6 heteroatoms. The minimum absolute atomic E-state index is 0.0568. The third-order valence-electron chi connectivity index (χ3n) is 4.62. The van der Waals surface area contributed by atoms with Crippen molar-refractivity contribution < 1.29 is 9.53 Å². The molecule has 2 aromatic rings. The quantitative estimate of drug-likeness (QED) is 0.837. The number of fused-ring (bicyclic) bond motifs is 1. The molecule has 2 fully saturated rings. The molecule has 6 nitrogen and oxygen atoms in total. The van der Waals surface area contributed by atoms with Gasteiger partial charge in [0.15, 0.2) is 0 Å². The Morgan fingerprint density at radius 2 is 1.91 bits per heavy atom. The van der Waals surface area contributed by atoms with Gasteiger partial charge in [-0.3, -0.25) is 9.78 Å². The number of rotatable bonds is 2. The second-order valence-corrected chi connectivity index (χ2v) is 6.09. The average Bonchev–Trinajstić information content (AvgIpc) is 3.11. The van der Waals surface area contributed by atoms with Crippen molar-refractivity contribution in [3.63, 3.8) is 0 Å². The minimum atomic E-state index is 0.0568. The van der Waals surface area contributed by atoms with Crippen LogP contribution in [0.25, 0.3) is 11.0 Å². The second-order valence-electron chi connectivity index (χ2n) is 6.09. The van der Waals surface area contributed by atoms with Crippen molar-refractivity contribution in [3.8, 4) is 0 Å². The lowest BCUT2D eigenvalue weighted by Crippen LogP contribution is -2.44. The lowest BCUT2D eigenvalue weighted by Gasteiger charge is -2.29. The molecule has 2 aliphatic rings. The number of hydrogen-bond donors (Lipinski definition) is 0. The predicted molar refractivity (Wildman–Crippen MR) is 87.3 cm³/mol. The molecule has 1 aromatic carbocycles. The monoisotopic (exact) mass is 312 g/mol. The van der Waals surface area contributed by atoms with Crippen LogP contribution in [0.4, 0.5) is 5.82 Å². The molecule has 3 heterocycles. The molecule has 23 heavy (non-hydrogen) atoms. The SMILES string of the molecule is O=C(C1CCN(c2cnc3ccccc3n2)C1)N1CCOCC1. The van der Waals surface area contributed by atoms with Gasteiger partial charge in [-0.05, 0) is 18.6 Å². The number of para-hydroxylation sites is 2. The Labute approximate surface area is 135 Å². The van der Waals surface area contributed by atoms with Crippen LogP contribution in [0.2, 0.25) is 0 Å². The molecular formula is C17H20N4O2. The number of amides is 1. The molecule has 0 spiro atoms. The minimum Gasteiger partial charge on any atom is -0.378 e. The maximum Gasteiger partial charge on any atom is 0.227 e. The van der Waals surface area contributed by atoms with Gasteiger partial charge in [0.25, 0.3) is 0 Å². The maximum absolute atomic E-state index is 12.6. The topological polar surface area (TPSA) is 58.6 Å². The van der Waals surface area contributed by atoms with Crippen molar-refractivity contribution in [2.24, 2.45) is 5.92 Å². The van der Waals surface area contributed by atoms with Crippen LogP contribution in [-0.4, -0.2) is 60.2 Å². The van der Waals surface area contributed by atoms with Gasteiger partial charge < -0.3 is 14.5 Å². The van der Waals surface area contributed by atoms with Crippen molar-refractivity contribution in [3.05, 3.63) is 30.5 Å². The number of hydrogen-bond acceptors (Lipinski definition) is 5. The zero-order chi connectivity index (χ0) is 15.6. The van der Waals surface area contributed by atoms with Crippen molar-refractivity contribution in [2.75, 3.05) is 44.3 Å². The Morgan fingerprint density at radius 1 is 1.13 bits per heavy atom. The summed E-state index contributed by atoms with van der Waals surface area (Å²) in [6.07, 6.45) is 2.69. The van der Waals surface area contributed by atoms with E-state index >= 15 is 0 Å². The first-order chi connectivity index (χ1) is 11.3. The first kappa shape index (κ1) is 14.4. The van der Waals surface area contributed by atoms with Gasteiger partial charge in [-0.2, -0.15) is 0 Å². The van der Waals surface area contributed by atoms with Crippen LogP contribution >= 0.6 is 0 Å². The normalized spacial score (nSPS) is 21.8. The third kappa shape index (κ3) is 2.86. The van der Waals surface area contributed by atoms with Gasteiger partial charge in [-0.25, -0.2) is 4.98 Å². The fourth-order valence-electron chi connectivity index (χ4n) is 3.31. The number of carbonyl (C=O) groups excluding carboxylic acids is 1. The van der Waals surface area contributed by atoms with Gasteiger partial charge in [0.05, 0.1) is 36.4 Å². The van der Waals surface area contributed by atoms with E-state index in [0.717, 1.165) is 36.4 Å². The molecule has 0 N–H and O–H groups in total. The van der Waals surface area contributed by atoms with Gasteiger partial charge in [0.1, 0.15) is 5.82 Å². The Bertz CT molecular complexity index is 715. The number of benzene rings is 1. The number of nitrogens with zero attached hydrogens (tertiary/aromatic N) is 4. The van der Waals surface area contributed by atoms with Gasteiger partial charge >= 0.3 is 0 Å². The highest BCUT2D eigenvalue weighted by Gasteiger charge is 2.32. The first-order valence-corrected chi connectivity index (χ1v) is 8.14. The van der Waals surface area contributed by atoms with Crippen LogP contribution in [-0.2, 0) is 9.53 Å². The predicted octanol–water partition coefficient (Wildman–Crippen LogP) is 1.31. The van der Waals surface area contributed by atoms with E-state index in [1.165, 1.54) is 0 Å². The molecule has 1 aromatic heterocycles. The molecule has 120 valence electrons. The van der Waals surface area contributed by atoms with Crippen LogP contribution < -0.4 is 4.90 Å². The summed E-state index contributed by atoms with van der Waals surface area (Å²) in [5.41, 5.74) is 1.80. The molecule has 0 saturated carbocycles. The number of carbonyl (C=O) groups is 1. The summed E-state index contributed by atoms with van der Waals surface area (Å²) in [6, 6.07) is 7.86. The van der Waals surface area contributed by atoms with Gasteiger partial charge in [0.2, 0.25) is 5.91 Å². The lowest BCUT2D eigenvalue weighted by molar-refractivity contribution is -0.138. The van der Waals surface area contributed by atoms with Crippen LogP contribution in [0.5, 0.6) is 0 Å². The molecular weight excluding hydrogens is 292 g/mol. The number of aromatic nitrogens is 2. The summed E-state index contributed by atoms with van der Waals surface area (Å²) in [7, 11) is 0. The Morgan fingerprint density at radius 3 is 2.74 bits per heavy atom. The van der Waals surface area contributed by atoms with Gasteiger partial charge in [-0.15, -0.1) is 0 Å². The lowest BCUT2D eigenvalue weighted by atomic mass is 10.1. The molecule has 2 saturated heterocycles. The van der Waals surface area contributed by atoms with Crippen molar-refractivity contribution in [1.29, 1.82) is 0 Å². The summed E-state index contributed by atoms with van der Waals surface area (Å²) in [5, 5.41) is 0.